The minimum absolute atomic E-state index is 0.0279. The number of hydrogen-bond acceptors (Lipinski definition) is 3. The first kappa shape index (κ1) is 11.9. The lowest BCUT2D eigenvalue weighted by molar-refractivity contribution is -0.527. The molecule has 1 aromatic carbocycles. The molecule has 0 saturated heterocycles. The molecule has 4 heteroatoms. The Balaban J connectivity index is 2.11. The molecule has 1 aliphatic carbocycles. The van der Waals surface area contributed by atoms with Crippen molar-refractivity contribution in [2.75, 3.05) is 5.32 Å². The van der Waals surface area contributed by atoms with Gasteiger partial charge in [-0.15, -0.1) is 0 Å². The van der Waals surface area contributed by atoms with Crippen molar-refractivity contribution in [3.05, 3.63) is 39.9 Å². The molecule has 17 heavy (non-hydrogen) atoms. The van der Waals surface area contributed by atoms with Gasteiger partial charge >= 0.3 is 0 Å². The lowest BCUT2D eigenvalue weighted by Crippen LogP contribution is -2.41. The van der Waals surface area contributed by atoms with Crippen LogP contribution in [0.2, 0.25) is 0 Å². The summed E-state index contributed by atoms with van der Waals surface area (Å²) in [5.74, 6) is 0. The van der Waals surface area contributed by atoms with Crippen LogP contribution >= 0.6 is 0 Å². The zero-order valence-electron chi connectivity index (χ0n) is 10.1. The molecule has 0 spiro atoms. The van der Waals surface area contributed by atoms with Crippen molar-refractivity contribution in [1.82, 2.24) is 0 Å². The maximum absolute atomic E-state index is 11.0. The first-order valence-electron chi connectivity index (χ1n) is 6.14. The summed E-state index contributed by atoms with van der Waals surface area (Å²) in [5, 5.41) is 14.3. The highest BCUT2D eigenvalue weighted by molar-refractivity contribution is 5.51. The van der Waals surface area contributed by atoms with Gasteiger partial charge in [0.1, 0.15) is 0 Å². The molecule has 1 N–H and O–H groups in total. The molecule has 0 unspecified atom stereocenters. The van der Waals surface area contributed by atoms with Crippen LogP contribution in [0, 0.1) is 17.0 Å². The van der Waals surface area contributed by atoms with E-state index in [0.717, 1.165) is 30.5 Å². The fourth-order valence-corrected chi connectivity index (χ4v) is 2.47. The van der Waals surface area contributed by atoms with Gasteiger partial charge in [0, 0.05) is 17.0 Å². The third-order valence-corrected chi connectivity index (χ3v) is 3.49. The van der Waals surface area contributed by atoms with Crippen LogP contribution in [0.15, 0.2) is 24.3 Å². The fourth-order valence-electron chi connectivity index (χ4n) is 2.47. The Morgan fingerprint density at radius 2 is 2.00 bits per heavy atom. The van der Waals surface area contributed by atoms with E-state index in [-0.39, 0.29) is 11.0 Å². The van der Waals surface area contributed by atoms with Gasteiger partial charge in [-0.3, -0.25) is 10.1 Å². The van der Waals surface area contributed by atoms with E-state index < -0.39 is 6.04 Å². The number of anilines is 1. The molecule has 0 heterocycles. The summed E-state index contributed by atoms with van der Waals surface area (Å²) in [6.07, 6.45) is 3.63. The molecular weight excluding hydrogens is 216 g/mol. The first-order valence-corrected chi connectivity index (χ1v) is 6.14. The number of hydrogen-bond donors (Lipinski definition) is 1. The van der Waals surface area contributed by atoms with Gasteiger partial charge < -0.3 is 5.32 Å². The average molecular weight is 234 g/mol. The van der Waals surface area contributed by atoms with E-state index >= 15 is 0 Å². The number of nitro groups is 1. The van der Waals surface area contributed by atoms with E-state index in [2.05, 4.69) is 5.32 Å². The molecule has 1 aliphatic rings. The second kappa shape index (κ2) is 5.17. The Morgan fingerprint density at radius 1 is 1.29 bits per heavy atom. The molecule has 1 saturated carbocycles. The van der Waals surface area contributed by atoms with E-state index in [1.807, 2.05) is 31.2 Å². The zero-order valence-corrected chi connectivity index (χ0v) is 10.1. The van der Waals surface area contributed by atoms with Crippen molar-refractivity contribution < 1.29 is 4.92 Å². The highest BCUT2D eigenvalue weighted by Crippen LogP contribution is 2.25. The monoisotopic (exact) mass is 234 g/mol. The minimum Gasteiger partial charge on any atom is -0.375 e. The van der Waals surface area contributed by atoms with Crippen LogP contribution in [-0.2, 0) is 0 Å². The molecule has 2 rings (SSSR count). The average Bonchev–Trinajstić information content (AvgIpc) is 2.32. The Bertz CT molecular complexity index is 406. The number of nitrogens with one attached hydrogen (secondary N) is 1. The smallest absolute Gasteiger partial charge is 0.232 e. The zero-order chi connectivity index (χ0) is 12.3. The molecular formula is C13H18N2O2. The van der Waals surface area contributed by atoms with E-state index in [9.17, 15) is 10.1 Å². The van der Waals surface area contributed by atoms with Crippen LogP contribution in [0.25, 0.3) is 0 Å². The molecule has 2 atom stereocenters. The van der Waals surface area contributed by atoms with Crippen molar-refractivity contribution in [3.63, 3.8) is 0 Å². The van der Waals surface area contributed by atoms with Crippen LogP contribution < -0.4 is 5.32 Å². The second-order valence-electron chi connectivity index (χ2n) is 4.70. The van der Waals surface area contributed by atoms with Crippen molar-refractivity contribution in [3.8, 4) is 0 Å². The van der Waals surface area contributed by atoms with Crippen LogP contribution in [0.4, 0.5) is 5.69 Å². The lowest BCUT2D eigenvalue weighted by atomic mass is 9.90. The van der Waals surface area contributed by atoms with Crippen molar-refractivity contribution in [1.29, 1.82) is 0 Å². The number of para-hydroxylation sites is 1. The SMILES string of the molecule is Cc1ccccc1N[C@@H]1CCCC[C@H]1[N+](=O)[O-]. The van der Waals surface area contributed by atoms with Gasteiger partial charge in [0.05, 0.1) is 6.04 Å². The summed E-state index contributed by atoms with van der Waals surface area (Å²) >= 11 is 0. The predicted octanol–water partition coefficient (Wildman–Crippen LogP) is 2.99. The quantitative estimate of drug-likeness (QED) is 0.646. The molecule has 0 bridgehead atoms. The molecule has 92 valence electrons. The van der Waals surface area contributed by atoms with Crippen LogP contribution in [-0.4, -0.2) is 17.0 Å². The molecule has 0 amide bonds. The van der Waals surface area contributed by atoms with Crippen molar-refractivity contribution in [2.45, 2.75) is 44.7 Å². The highest BCUT2D eigenvalue weighted by atomic mass is 16.6. The highest BCUT2D eigenvalue weighted by Gasteiger charge is 2.33. The Labute approximate surface area is 101 Å². The van der Waals surface area contributed by atoms with Gasteiger partial charge in [-0.2, -0.15) is 0 Å². The molecule has 1 fully saturated rings. The summed E-state index contributed by atoms with van der Waals surface area (Å²) < 4.78 is 0. The Kier molecular flexibility index (Phi) is 3.61. The van der Waals surface area contributed by atoms with E-state index in [0.29, 0.717) is 6.42 Å². The summed E-state index contributed by atoms with van der Waals surface area (Å²) in [5.41, 5.74) is 2.16. The summed E-state index contributed by atoms with van der Waals surface area (Å²) in [7, 11) is 0. The van der Waals surface area contributed by atoms with Gasteiger partial charge in [0.2, 0.25) is 6.04 Å². The third kappa shape index (κ3) is 2.75. The summed E-state index contributed by atoms with van der Waals surface area (Å²) in [6.45, 7) is 2.02. The summed E-state index contributed by atoms with van der Waals surface area (Å²) in [4.78, 5) is 10.9. The molecule has 4 nitrogen and oxygen atoms in total. The van der Waals surface area contributed by atoms with Crippen LogP contribution in [0.1, 0.15) is 31.2 Å². The van der Waals surface area contributed by atoms with Gasteiger partial charge in [-0.25, -0.2) is 0 Å². The number of benzene rings is 1. The van der Waals surface area contributed by atoms with E-state index in [1.165, 1.54) is 0 Å². The topological polar surface area (TPSA) is 55.2 Å². The van der Waals surface area contributed by atoms with Crippen LogP contribution in [0.5, 0.6) is 0 Å². The Hall–Kier alpha value is -1.58. The normalized spacial score (nSPS) is 24.3. The van der Waals surface area contributed by atoms with Gasteiger partial charge in [-0.05, 0) is 31.4 Å². The maximum Gasteiger partial charge on any atom is 0.232 e. The van der Waals surface area contributed by atoms with Gasteiger partial charge in [0.25, 0.3) is 0 Å². The lowest BCUT2D eigenvalue weighted by Gasteiger charge is -2.27. The first-order chi connectivity index (χ1) is 8.18. The molecule has 0 aromatic heterocycles. The number of rotatable bonds is 3. The van der Waals surface area contributed by atoms with Crippen molar-refractivity contribution in [2.24, 2.45) is 0 Å². The van der Waals surface area contributed by atoms with E-state index in [1.54, 1.807) is 0 Å². The second-order valence-corrected chi connectivity index (χ2v) is 4.70. The van der Waals surface area contributed by atoms with Gasteiger partial charge in [-0.1, -0.05) is 24.6 Å². The largest absolute Gasteiger partial charge is 0.375 e. The predicted molar refractivity (Wildman–Crippen MR) is 67.8 cm³/mol. The Morgan fingerprint density at radius 3 is 2.71 bits per heavy atom. The fraction of sp³-hybridized carbons (Fsp3) is 0.538. The molecule has 0 aliphatic heterocycles. The third-order valence-electron chi connectivity index (χ3n) is 3.49. The summed E-state index contributed by atoms with van der Waals surface area (Å²) in [6, 6.07) is 7.47. The van der Waals surface area contributed by atoms with Gasteiger partial charge in [0.15, 0.2) is 0 Å². The minimum atomic E-state index is -0.441. The van der Waals surface area contributed by atoms with Crippen LogP contribution in [0.3, 0.4) is 0 Å². The molecule has 0 radical (unpaired) electrons. The maximum atomic E-state index is 11.0. The van der Waals surface area contributed by atoms with Crippen molar-refractivity contribution >= 4 is 5.69 Å². The van der Waals surface area contributed by atoms with E-state index in [4.69, 9.17) is 0 Å². The number of nitrogens with zero attached hydrogens (tertiary/aromatic N) is 1. The standard InChI is InChI=1S/C13H18N2O2/c1-10-6-2-3-7-11(10)14-12-8-4-5-9-13(12)15(16)17/h2-3,6-7,12-14H,4-5,8-9H2,1H3/t12-,13-/m1/s1. The number of aryl methyl sites for hydroxylation is 1. The molecule has 1 aromatic rings.